The van der Waals surface area contributed by atoms with Crippen LogP contribution in [0.1, 0.15) is 31.7 Å². The van der Waals surface area contributed by atoms with Crippen LogP contribution in [0.2, 0.25) is 0 Å². The summed E-state index contributed by atoms with van der Waals surface area (Å²) in [4.78, 5) is 0. The van der Waals surface area contributed by atoms with Gasteiger partial charge in [0, 0.05) is 0 Å². The average Bonchev–Trinajstić information content (AvgIpc) is 2.61. The Morgan fingerprint density at radius 1 is 1.33 bits per heavy atom. The van der Waals surface area contributed by atoms with Crippen molar-refractivity contribution < 1.29 is 9.50 Å². The summed E-state index contributed by atoms with van der Waals surface area (Å²) in [6.45, 7) is 2.09. The molecule has 0 aliphatic heterocycles. The summed E-state index contributed by atoms with van der Waals surface area (Å²) in [6.07, 6.45) is 2.36. The zero-order valence-corrected chi connectivity index (χ0v) is 8.83. The van der Waals surface area contributed by atoms with Gasteiger partial charge in [0.25, 0.3) is 0 Å². The summed E-state index contributed by atoms with van der Waals surface area (Å²) in [7, 11) is 0. The first-order valence-electron chi connectivity index (χ1n) is 5.38. The van der Waals surface area contributed by atoms with Gasteiger partial charge in [0.05, 0.1) is 6.10 Å². The topological polar surface area (TPSA) is 20.2 Å². The van der Waals surface area contributed by atoms with E-state index < -0.39 is 0 Å². The van der Waals surface area contributed by atoms with E-state index in [0.29, 0.717) is 0 Å². The second-order valence-electron chi connectivity index (χ2n) is 3.93. The molecule has 0 radical (unpaired) electrons. The standard InChI is InChI=1S/C13H15FO/c1-2-9-5-8-12(15)13(9)10-3-6-11(14)7-4-10/h3-4,6-7,12,15H,2,5,8H2,1H3/t12-/m1/s1. The number of benzene rings is 1. The molecule has 0 spiro atoms. The molecule has 1 atom stereocenters. The smallest absolute Gasteiger partial charge is 0.123 e. The Morgan fingerprint density at radius 3 is 2.60 bits per heavy atom. The molecule has 0 heterocycles. The number of halogens is 1. The average molecular weight is 206 g/mol. The fourth-order valence-electron chi connectivity index (χ4n) is 2.22. The Balaban J connectivity index is 2.40. The minimum atomic E-state index is -0.370. The van der Waals surface area contributed by atoms with Gasteiger partial charge >= 0.3 is 0 Å². The van der Waals surface area contributed by atoms with Gasteiger partial charge in [-0.05, 0) is 42.5 Å². The molecule has 0 saturated heterocycles. The minimum absolute atomic E-state index is 0.232. The van der Waals surface area contributed by atoms with Crippen molar-refractivity contribution in [2.24, 2.45) is 0 Å². The molecule has 0 bridgehead atoms. The van der Waals surface area contributed by atoms with E-state index in [0.717, 1.165) is 30.4 Å². The van der Waals surface area contributed by atoms with Crippen LogP contribution in [-0.4, -0.2) is 11.2 Å². The molecule has 0 saturated carbocycles. The maximum Gasteiger partial charge on any atom is 0.123 e. The molecule has 15 heavy (non-hydrogen) atoms. The van der Waals surface area contributed by atoms with Crippen LogP contribution in [0.5, 0.6) is 0 Å². The fraction of sp³-hybridized carbons (Fsp3) is 0.385. The van der Waals surface area contributed by atoms with E-state index in [1.807, 2.05) is 0 Å². The lowest BCUT2D eigenvalue weighted by Crippen LogP contribution is -2.04. The molecule has 2 rings (SSSR count). The van der Waals surface area contributed by atoms with Crippen molar-refractivity contribution in [1.82, 2.24) is 0 Å². The van der Waals surface area contributed by atoms with Crippen LogP contribution in [0, 0.1) is 5.82 Å². The van der Waals surface area contributed by atoms with Gasteiger partial charge in [0.1, 0.15) is 5.82 Å². The molecule has 1 aliphatic carbocycles. The number of hydrogen-bond donors (Lipinski definition) is 1. The largest absolute Gasteiger partial charge is 0.388 e. The molecule has 1 nitrogen and oxygen atoms in total. The molecule has 0 unspecified atom stereocenters. The second-order valence-corrected chi connectivity index (χ2v) is 3.93. The van der Waals surface area contributed by atoms with Gasteiger partial charge in [-0.2, -0.15) is 0 Å². The van der Waals surface area contributed by atoms with Gasteiger partial charge in [-0.15, -0.1) is 0 Å². The highest BCUT2D eigenvalue weighted by atomic mass is 19.1. The van der Waals surface area contributed by atoms with Crippen molar-refractivity contribution in [1.29, 1.82) is 0 Å². The van der Waals surface area contributed by atoms with E-state index in [-0.39, 0.29) is 11.9 Å². The van der Waals surface area contributed by atoms with E-state index >= 15 is 0 Å². The number of hydrogen-bond acceptors (Lipinski definition) is 1. The molecule has 0 aromatic heterocycles. The summed E-state index contributed by atoms with van der Waals surface area (Å²) in [5.41, 5.74) is 3.27. The zero-order chi connectivity index (χ0) is 10.8. The highest BCUT2D eigenvalue weighted by Crippen LogP contribution is 2.35. The van der Waals surface area contributed by atoms with Crippen molar-refractivity contribution in [2.75, 3.05) is 0 Å². The number of aliphatic hydroxyl groups is 1. The maximum absolute atomic E-state index is 12.8. The third kappa shape index (κ3) is 1.95. The number of allylic oxidation sites excluding steroid dienone is 1. The molecule has 1 aliphatic rings. The minimum Gasteiger partial charge on any atom is -0.388 e. The van der Waals surface area contributed by atoms with Crippen molar-refractivity contribution in [2.45, 2.75) is 32.3 Å². The van der Waals surface area contributed by atoms with Crippen LogP contribution in [0.15, 0.2) is 29.8 Å². The summed E-state index contributed by atoms with van der Waals surface area (Å²) in [5.74, 6) is -0.232. The van der Waals surface area contributed by atoms with Gasteiger partial charge < -0.3 is 5.11 Å². The Labute approximate surface area is 89.3 Å². The second kappa shape index (κ2) is 4.15. The van der Waals surface area contributed by atoms with Gasteiger partial charge in [0.2, 0.25) is 0 Å². The van der Waals surface area contributed by atoms with E-state index in [1.54, 1.807) is 12.1 Å². The van der Waals surface area contributed by atoms with E-state index in [4.69, 9.17) is 0 Å². The van der Waals surface area contributed by atoms with Crippen molar-refractivity contribution in [3.05, 3.63) is 41.2 Å². The third-order valence-corrected chi connectivity index (χ3v) is 3.02. The highest BCUT2D eigenvalue weighted by molar-refractivity contribution is 5.73. The quantitative estimate of drug-likeness (QED) is 0.788. The highest BCUT2D eigenvalue weighted by Gasteiger charge is 2.23. The van der Waals surface area contributed by atoms with Gasteiger partial charge in [-0.3, -0.25) is 0 Å². The summed E-state index contributed by atoms with van der Waals surface area (Å²) in [6, 6.07) is 6.38. The van der Waals surface area contributed by atoms with E-state index in [9.17, 15) is 9.50 Å². The monoisotopic (exact) mass is 206 g/mol. The predicted octanol–water partition coefficient (Wildman–Crippen LogP) is 3.14. The molecule has 1 aromatic carbocycles. The normalized spacial score (nSPS) is 21.1. The molecule has 1 aromatic rings. The first-order chi connectivity index (χ1) is 7.22. The zero-order valence-electron chi connectivity index (χ0n) is 8.83. The fourth-order valence-corrected chi connectivity index (χ4v) is 2.22. The van der Waals surface area contributed by atoms with Crippen LogP contribution in [-0.2, 0) is 0 Å². The molecular formula is C13H15FO. The third-order valence-electron chi connectivity index (χ3n) is 3.02. The molecular weight excluding hydrogens is 191 g/mol. The Kier molecular flexibility index (Phi) is 2.87. The molecule has 0 fully saturated rings. The van der Waals surface area contributed by atoms with E-state index in [2.05, 4.69) is 6.92 Å². The molecule has 80 valence electrons. The van der Waals surface area contributed by atoms with Gasteiger partial charge in [-0.25, -0.2) is 4.39 Å². The lowest BCUT2D eigenvalue weighted by Gasteiger charge is -2.10. The first kappa shape index (κ1) is 10.4. The molecule has 2 heteroatoms. The van der Waals surface area contributed by atoms with Crippen molar-refractivity contribution in [3.8, 4) is 0 Å². The van der Waals surface area contributed by atoms with Crippen molar-refractivity contribution >= 4 is 5.57 Å². The lowest BCUT2D eigenvalue weighted by atomic mass is 9.99. The van der Waals surface area contributed by atoms with Crippen LogP contribution in [0.4, 0.5) is 4.39 Å². The Morgan fingerprint density at radius 2 is 2.00 bits per heavy atom. The molecule has 1 N–H and O–H groups in total. The van der Waals surface area contributed by atoms with Crippen LogP contribution >= 0.6 is 0 Å². The van der Waals surface area contributed by atoms with Crippen LogP contribution in [0.3, 0.4) is 0 Å². The Bertz CT molecular complexity index is 378. The summed E-state index contributed by atoms with van der Waals surface area (Å²) < 4.78 is 12.8. The van der Waals surface area contributed by atoms with Crippen LogP contribution in [0.25, 0.3) is 5.57 Å². The summed E-state index contributed by atoms with van der Waals surface area (Å²) >= 11 is 0. The van der Waals surface area contributed by atoms with Gasteiger partial charge in [0.15, 0.2) is 0 Å². The lowest BCUT2D eigenvalue weighted by molar-refractivity contribution is 0.231. The Hall–Kier alpha value is -1.15. The summed E-state index contributed by atoms with van der Waals surface area (Å²) in [5, 5.41) is 9.86. The molecule has 0 amide bonds. The van der Waals surface area contributed by atoms with Crippen LogP contribution < -0.4 is 0 Å². The SMILES string of the molecule is CCC1=C(c2ccc(F)cc2)[C@H](O)CC1. The first-order valence-corrected chi connectivity index (χ1v) is 5.38. The number of aliphatic hydroxyl groups excluding tert-OH is 1. The number of rotatable bonds is 2. The van der Waals surface area contributed by atoms with Crippen molar-refractivity contribution in [3.63, 3.8) is 0 Å². The predicted molar refractivity (Wildman–Crippen MR) is 58.9 cm³/mol. The van der Waals surface area contributed by atoms with Gasteiger partial charge in [-0.1, -0.05) is 24.6 Å². The maximum atomic E-state index is 12.8. The van der Waals surface area contributed by atoms with E-state index in [1.165, 1.54) is 17.7 Å².